The molecule has 0 fully saturated rings. The van der Waals surface area contributed by atoms with E-state index in [1.807, 2.05) is 26.2 Å². The SMILES string of the molecule is CCNC(c1ccn(C)n1)c1ccc(OC)cc1F. The van der Waals surface area contributed by atoms with Gasteiger partial charge in [0.1, 0.15) is 11.6 Å². The van der Waals surface area contributed by atoms with Crippen LogP contribution in [0.4, 0.5) is 4.39 Å². The second kappa shape index (κ2) is 5.84. The zero-order valence-electron chi connectivity index (χ0n) is 11.4. The highest BCUT2D eigenvalue weighted by atomic mass is 19.1. The van der Waals surface area contributed by atoms with Crippen LogP contribution in [0.2, 0.25) is 0 Å². The molecule has 0 aliphatic rings. The molecular formula is C14H18FN3O. The number of methoxy groups -OCH3 is 1. The van der Waals surface area contributed by atoms with Gasteiger partial charge < -0.3 is 10.1 Å². The molecular weight excluding hydrogens is 245 g/mol. The summed E-state index contributed by atoms with van der Waals surface area (Å²) in [4.78, 5) is 0. The maximum absolute atomic E-state index is 14.1. The number of ether oxygens (including phenoxy) is 1. The highest BCUT2D eigenvalue weighted by Crippen LogP contribution is 2.26. The summed E-state index contributed by atoms with van der Waals surface area (Å²) in [5.41, 5.74) is 1.37. The van der Waals surface area contributed by atoms with E-state index in [1.54, 1.807) is 16.8 Å². The van der Waals surface area contributed by atoms with Crippen LogP contribution in [-0.2, 0) is 7.05 Å². The number of benzene rings is 1. The fraction of sp³-hybridized carbons (Fsp3) is 0.357. The third-order valence-corrected chi connectivity index (χ3v) is 2.96. The molecule has 0 aliphatic carbocycles. The van der Waals surface area contributed by atoms with E-state index in [9.17, 15) is 4.39 Å². The van der Waals surface area contributed by atoms with Crippen LogP contribution in [0.1, 0.15) is 24.2 Å². The van der Waals surface area contributed by atoms with Crippen molar-refractivity contribution in [1.82, 2.24) is 15.1 Å². The fourth-order valence-electron chi connectivity index (χ4n) is 2.03. The summed E-state index contributed by atoms with van der Waals surface area (Å²) in [7, 11) is 3.37. The van der Waals surface area contributed by atoms with E-state index in [1.165, 1.54) is 13.2 Å². The van der Waals surface area contributed by atoms with Crippen LogP contribution in [0.15, 0.2) is 30.5 Å². The van der Waals surface area contributed by atoms with Crippen LogP contribution in [0, 0.1) is 5.82 Å². The molecule has 0 bridgehead atoms. The van der Waals surface area contributed by atoms with Crippen LogP contribution in [0.25, 0.3) is 0 Å². The van der Waals surface area contributed by atoms with Crippen LogP contribution in [0.5, 0.6) is 5.75 Å². The molecule has 0 saturated heterocycles. The summed E-state index contributed by atoms with van der Waals surface area (Å²) in [5, 5.41) is 7.60. The van der Waals surface area contributed by atoms with Crippen molar-refractivity contribution in [3.63, 3.8) is 0 Å². The summed E-state index contributed by atoms with van der Waals surface area (Å²) in [6, 6.07) is 6.51. The summed E-state index contributed by atoms with van der Waals surface area (Å²) in [5.74, 6) is 0.216. The summed E-state index contributed by atoms with van der Waals surface area (Å²) in [6.07, 6.45) is 1.85. The Morgan fingerprint density at radius 2 is 2.21 bits per heavy atom. The van der Waals surface area contributed by atoms with E-state index in [0.717, 1.165) is 12.2 Å². The van der Waals surface area contributed by atoms with Gasteiger partial charge in [-0.3, -0.25) is 4.68 Å². The van der Waals surface area contributed by atoms with Crippen LogP contribution < -0.4 is 10.1 Å². The molecule has 0 radical (unpaired) electrons. The smallest absolute Gasteiger partial charge is 0.132 e. The zero-order chi connectivity index (χ0) is 13.8. The lowest BCUT2D eigenvalue weighted by Crippen LogP contribution is -2.23. The van der Waals surface area contributed by atoms with Crippen LogP contribution >= 0.6 is 0 Å². The molecule has 5 heteroatoms. The highest BCUT2D eigenvalue weighted by molar-refractivity contribution is 5.34. The predicted molar refractivity (Wildman–Crippen MR) is 71.7 cm³/mol. The molecule has 19 heavy (non-hydrogen) atoms. The standard InChI is InChI=1S/C14H18FN3O/c1-4-16-14(13-7-8-18(2)17-13)11-6-5-10(19-3)9-12(11)15/h5-9,14,16H,4H2,1-3H3. The molecule has 1 aromatic heterocycles. The molecule has 2 rings (SSSR count). The van der Waals surface area contributed by atoms with Gasteiger partial charge in [0.05, 0.1) is 18.8 Å². The van der Waals surface area contributed by atoms with Crippen molar-refractivity contribution in [1.29, 1.82) is 0 Å². The number of aromatic nitrogens is 2. The van der Waals surface area contributed by atoms with Crippen molar-refractivity contribution < 1.29 is 9.13 Å². The van der Waals surface area contributed by atoms with Gasteiger partial charge in [0.25, 0.3) is 0 Å². The van der Waals surface area contributed by atoms with E-state index >= 15 is 0 Å². The van der Waals surface area contributed by atoms with Gasteiger partial charge >= 0.3 is 0 Å². The predicted octanol–water partition coefficient (Wildman–Crippen LogP) is 2.27. The quantitative estimate of drug-likeness (QED) is 0.899. The van der Waals surface area contributed by atoms with Crippen LogP contribution in [-0.4, -0.2) is 23.4 Å². The fourth-order valence-corrected chi connectivity index (χ4v) is 2.03. The lowest BCUT2D eigenvalue weighted by Gasteiger charge is -2.17. The Morgan fingerprint density at radius 1 is 1.42 bits per heavy atom. The van der Waals surface area contributed by atoms with Gasteiger partial charge in [-0.2, -0.15) is 5.10 Å². The maximum Gasteiger partial charge on any atom is 0.132 e. The van der Waals surface area contributed by atoms with Crippen molar-refractivity contribution in [3.05, 3.63) is 47.5 Å². The number of rotatable bonds is 5. The van der Waals surface area contributed by atoms with E-state index in [-0.39, 0.29) is 11.9 Å². The Labute approximate surface area is 112 Å². The number of nitrogens with one attached hydrogen (secondary N) is 1. The molecule has 2 aromatic rings. The minimum atomic E-state index is -0.295. The van der Waals surface area contributed by atoms with Crippen molar-refractivity contribution in [2.45, 2.75) is 13.0 Å². The van der Waals surface area contributed by atoms with E-state index in [4.69, 9.17) is 4.74 Å². The van der Waals surface area contributed by atoms with Gasteiger partial charge in [-0.25, -0.2) is 4.39 Å². The van der Waals surface area contributed by atoms with E-state index < -0.39 is 0 Å². The average Bonchev–Trinajstić information content (AvgIpc) is 2.83. The van der Waals surface area contributed by atoms with Crippen molar-refractivity contribution >= 4 is 0 Å². The second-order valence-electron chi connectivity index (χ2n) is 4.29. The molecule has 1 aromatic carbocycles. The number of hydrogen-bond acceptors (Lipinski definition) is 3. The molecule has 1 atom stereocenters. The largest absolute Gasteiger partial charge is 0.497 e. The van der Waals surface area contributed by atoms with Gasteiger partial charge in [-0.15, -0.1) is 0 Å². The Bertz CT molecular complexity index is 553. The molecule has 1 heterocycles. The van der Waals surface area contributed by atoms with Gasteiger partial charge in [-0.05, 0) is 18.7 Å². The van der Waals surface area contributed by atoms with Crippen molar-refractivity contribution in [3.8, 4) is 5.75 Å². The first-order chi connectivity index (χ1) is 9.15. The Kier molecular flexibility index (Phi) is 4.16. The summed E-state index contributed by atoms with van der Waals surface area (Å²) in [6.45, 7) is 2.71. The Hall–Kier alpha value is -1.88. The Morgan fingerprint density at radius 3 is 2.74 bits per heavy atom. The number of halogens is 1. The monoisotopic (exact) mass is 263 g/mol. The molecule has 0 amide bonds. The van der Waals surface area contributed by atoms with Gasteiger partial charge in [0.15, 0.2) is 0 Å². The average molecular weight is 263 g/mol. The molecule has 0 saturated carbocycles. The first kappa shape index (κ1) is 13.5. The first-order valence-corrected chi connectivity index (χ1v) is 6.22. The highest BCUT2D eigenvalue weighted by Gasteiger charge is 2.19. The molecule has 102 valence electrons. The molecule has 0 aliphatic heterocycles. The maximum atomic E-state index is 14.1. The van der Waals surface area contributed by atoms with Gasteiger partial charge in [0, 0.05) is 24.9 Å². The minimum Gasteiger partial charge on any atom is -0.497 e. The normalized spacial score (nSPS) is 12.4. The number of aryl methyl sites for hydroxylation is 1. The summed E-state index contributed by atoms with van der Waals surface area (Å²) < 4.78 is 20.9. The lowest BCUT2D eigenvalue weighted by atomic mass is 10.0. The van der Waals surface area contributed by atoms with E-state index in [0.29, 0.717) is 11.3 Å². The third kappa shape index (κ3) is 2.93. The molecule has 4 nitrogen and oxygen atoms in total. The topological polar surface area (TPSA) is 39.1 Å². The third-order valence-electron chi connectivity index (χ3n) is 2.96. The van der Waals surface area contributed by atoms with Crippen molar-refractivity contribution in [2.75, 3.05) is 13.7 Å². The number of hydrogen-bond donors (Lipinski definition) is 1. The summed E-state index contributed by atoms with van der Waals surface area (Å²) >= 11 is 0. The zero-order valence-corrected chi connectivity index (χ0v) is 11.4. The second-order valence-corrected chi connectivity index (χ2v) is 4.29. The first-order valence-electron chi connectivity index (χ1n) is 6.22. The lowest BCUT2D eigenvalue weighted by molar-refractivity contribution is 0.410. The molecule has 1 unspecified atom stereocenters. The van der Waals surface area contributed by atoms with Crippen LogP contribution in [0.3, 0.4) is 0 Å². The van der Waals surface area contributed by atoms with Gasteiger partial charge in [-0.1, -0.05) is 13.0 Å². The Balaban J connectivity index is 2.39. The molecule has 0 spiro atoms. The molecule has 1 N–H and O–H groups in total. The van der Waals surface area contributed by atoms with Gasteiger partial charge in [0.2, 0.25) is 0 Å². The minimum absolute atomic E-state index is 0.253. The van der Waals surface area contributed by atoms with E-state index in [2.05, 4.69) is 10.4 Å². The van der Waals surface area contributed by atoms with Crippen molar-refractivity contribution in [2.24, 2.45) is 7.05 Å². The number of nitrogens with zero attached hydrogens (tertiary/aromatic N) is 2.